The second kappa shape index (κ2) is 11.3. The molecule has 2 rings (SSSR count). The van der Waals surface area contributed by atoms with Crippen LogP contribution in [-0.2, 0) is 0 Å². The SMILES string of the molecule is CCCCC[C@@H](c1ccc(C)cc1C)N1CCNCC1.Cl.Cl. The quantitative estimate of drug-likeness (QED) is 0.752. The molecule has 128 valence electrons. The maximum atomic E-state index is 3.47. The van der Waals surface area contributed by atoms with Crippen molar-refractivity contribution in [3.63, 3.8) is 0 Å². The van der Waals surface area contributed by atoms with Crippen LogP contribution >= 0.6 is 24.8 Å². The van der Waals surface area contributed by atoms with Crippen molar-refractivity contribution >= 4 is 24.8 Å². The fourth-order valence-corrected chi connectivity index (χ4v) is 3.32. The molecule has 0 amide bonds. The van der Waals surface area contributed by atoms with E-state index in [4.69, 9.17) is 0 Å². The highest BCUT2D eigenvalue weighted by Gasteiger charge is 2.22. The van der Waals surface area contributed by atoms with E-state index in [2.05, 4.69) is 49.2 Å². The number of hydrogen-bond acceptors (Lipinski definition) is 2. The van der Waals surface area contributed by atoms with Crippen LogP contribution in [0.25, 0.3) is 0 Å². The van der Waals surface area contributed by atoms with Gasteiger partial charge in [0.1, 0.15) is 0 Å². The Morgan fingerprint density at radius 2 is 1.77 bits per heavy atom. The Kier molecular flexibility index (Phi) is 11.1. The molecule has 0 radical (unpaired) electrons. The smallest absolute Gasteiger partial charge is 0.0351 e. The molecule has 1 aromatic rings. The van der Waals surface area contributed by atoms with Crippen LogP contribution in [0.4, 0.5) is 0 Å². The zero-order valence-corrected chi connectivity index (χ0v) is 15.9. The Morgan fingerprint density at radius 1 is 1.09 bits per heavy atom. The lowest BCUT2D eigenvalue weighted by Crippen LogP contribution is -2.45. The molecule has 0 unspecified atom stereocenters. The van der Waals surface area contributed by atoms with Gasteiger partial charge in [0.15, 0.2) is 0 Å². The van der Waals surface area contributed by atoms with E-state index >= 15 is 0 Å². The summed E-state index contributed by atoms with van der Waals surface area (Å²) < 4.78 is 0. The van der Waals surface area contributed by atoms with Gasteiger partial charge < -0.3 is 5.32 Å². The van der Waals surface area contributed by atoms with Crippen molar-refractivity contribution in [3.8, 4) is 0 Å². The summed E-state index contributed by atoms with van der Waals surface area (Å²) in [5.74, 6) is 0. The maximum Gasteiger partial charge on any atom is 0.0351 e. The minimum absolute atomic E-state index is 0. The van der Waals surface area contributed by atoms with Crippen LogP contribution in [0.5, 0.6) is 0 Å². The Hall–Kier alpha value is -0.280. The molecular weight excluding hydrogens is 315 g/mol. The van der Waals surface area contributed by atoms with Gasteiger partial charge in [0.05, 0.1) is 0 Å². The van der Waals surface area contributed by atoms with Gasteiger partial charge in [-0.2, -0.15) is 0 Å². The second-order valence-electron chi connectivity index (χ2n) is 6.16. The summed E-state index contributed by atoms with van der Waals surface area (Å²) in [5, 5.41) is 3.47. The first-order valence-corrected chi connectivity index (χ1v) is 8.24. The number of halogens is 2. The van der Waals surface area contributed by atoms with Crippen molar-refractivity contribution in [1.82, 2.24) is 10.2 Å². The fourth-order valence-electron chi connectivity index (χ4n) is 3.32. The molecule has 1 atom stereocenters. The summed E-state index contributed by atoms with van der Waals surface area (Å²) in [6.45, 7) is 11.4. The maximum absolute atomic E-state index is 3.47. The Labute approximate surface area is 148 Å². The number of piperazine rings is 1. The van der Waals surface area contributed by atoms with Gasteiger partial charge in [0.25, 0.3) is 0 Å². The van der Waals surface area contributed by atoms with Gasteiger partial charge in [-0.1, -0.05) is 49.9 Å². The number of hydrogen-bond donors (Lipinski definition) is 1. The van der Waals surface area contributed by atoms with E-state index in [1.54, 1.807) is 5.56 Å². The standard InChI is InChI=1S/C18H30N2.2ClH/c1-4-5-6-7-18(20-12-10-19-11-13-20)17-9-8-15(2)14-16(17)3;;/h8-9,14,18-19H,4-7,10-13H2,1-3H3;2*1H/t18-;;/m0../s1. The Bertz CT molecular complexity index is 418. The van der Waals surface area contributed by atoms with E-state index < -0.39 is 0 Å². The number of rotatable bonds is 6. The third-order valence-electron chi connectivity index (χ3n) is 4.46. The zero-order chi connectivity index (χ0) is 14.4. The monoisotopic (exact) mass is 346 g/mol. The molecule has 0 saturated carbocycles. The van der Waals surface area contributed by atoms with Gasteiger partial charge in [0.2, 0.25) is 0 Å². The number of benzene rings is 1. The van der Waals surface area contributed by atoms with E-state index in [-0.39, 0.29) is 24.8 Å². The predicted molar refractivity (Wildman–Crippen MR) is 102 cm³/mol. The van der Waals surface area contributed by atoms with Crippen LogP contribution in [0.1, 0.15) is 55.3 Å². The highest BCUT2D eigenvalue weighted by atomic mass is 35.5. The van der Waals surface area contributed by atoms with Crippen molar-refractivity contribution in [1.29, 1.82) is 0 Å². The molecule has 0 aliphatic carbocycles. The minimum Gasteiger partial charge on any atom is -0.314 e. The Balaban J connectivity index is 0.00000220. The fraction of sp³-hybridized carbons (Fsp3) is 0.667. The number of aryl methyl sites for hydroxylation is 2. The summed E-state index contributed by atoms with van der Waals surface area (Å²) in [5.41, 5.74) is 4.39. The van der Waals surface area contributed by atoms with Gasteiger partial charge in [-0.3, -0.25) is 4.90 Å². The molecule has 22 heavy (non-hydrogen) atoms. The van der Waals surface area contributed by atoms with Crippen molar-refractivity contribution in [2.24, 2.45) is 0 Å². The molecule has 0 aromatic heterocycles. The number of nitrogens with one attached hydrogen (secondary N) is 1. The molecule has 1 aliphatic rings. The van der Waals surface area contributed by atoms with Crippen LogP contribution in [0.2, 0.25) is 0 Å². The van der Waals surface area contributed by atoms with E-state index in [1.807, 2.05) is 0 Å². The molecule has 1 saturated heterocycles. The topological polar surface area (TPSA) is 15.3 Å². The van der Waals surface area contributed by atoms with E-state index in [0.29, 0.717) is 6.04 Å². The third-order valence-corrected chi connectivity index (χ3v) is 4.46. The first kappa shape index (κ1) is 21.7. The van der Waals surface area contributed by atoms with Crippen LogP contribution < -0.4 is 5.32 Å². The van der Waals surface area contributed by atoms with Crippen LogP contribution in [0, 0.1) is 13.8 Å². The highest BCUT2D eigenvalue weighted by Crippen LogP contribution is 2.29. The summed E-state index contributed by atoms with van der Waals surface area (Å²) in [6.07, 6.45) is 5.31. The lowest BCUT2D eigenvalue weighted by Gasteiger charge is -2.36. The summed E-state index contributed by atoms with van der Waals surface area (Å²) in [4.78, 5) is 2.68. The van der Waals surface area contributed by atoms with Gasteiger partial charge >= 0.3 is 0 Å². The summed E-state index contributed by atoms with van der Waals surface area (Å²) in [7, 11) is 0. The van der Waals surface area contributed by atoms with Crippen LogP contribution in [0.3, 0.4) is 0 Å². The lowest BCUT2D eigenvalue weighted by atomic mass is 9.93. The normalized spacial score (nSPS) is 16.5. The summed E-state index contributed by atoms with van der Waals surface area (Å²) in [6, 6.07) is 7.59. The first-order valence-electron chi connectivity index (χ1n) is 8.24. The molecule has 0 bridgehead atoms. The Morgan fingerprint density at radius 3 is 2.36 bits per heavy atom. The average molecular weight is 347 g/mol. The highest BCUT2D eigenvalue weighted by molar-refractivity contribution is 5.85. The zero-order valence-electron chi connectivity index (χ0n) is 14.2. The largest absolute Gasteiger partial charge is 0.314 e. The summed E-state index contributed by atoms with van der Waals surface area (Å²) >= 11 is 0. The predicted octanol–water partition coefficient (Wildman–Crippen LogP) is 4.67. The van der Waals surface area contributed by atoms with Crippen molar-refractivity contribution in [2.75, 3.05) is 26.2 Å². The molecule has 1 heterocycles. The third kappa shape index (κ3) is 6.08. The van der Waals surface area contributed by atoms with Gasteiger partial charge in [0, 0.05) is 32.2 Å². The molecular formula is C18H32Cl2N2. The van der Waals surface area contributed by atoms with Gasteiger partial charge in [-0.25, -0.2) is 0 Å². The van der Waals surface area contributed by atoms with Crippen molar-refractivity contribution in [2.45, 2.75) is 52.5 Å². The van der Waals surface area contributed by atoms with Crippen LogP contribution in [-0.4, -0.2) is 31.1 Å². The average Bonchev–Trinajstić information content (AvgIpc) is 2.46. The number of nitrogens with zero attached hydrogens (tertiary/aromatic N) is 1. The van der Waals surface area contributed by atoms with Crippen LogP contribution in [0.15, 0.2) is 18.2 Å². The van der Waals surface area contributed by atoms with Gasteiger partial charge in [-0.15, -0.1) is 24.8 Å². The first-order chi connectivity index (χ1) is 9.72. The van der Waals surface area contributed by atoms with E-state index in [9.17, 15) is 0 Å². The minimum atomic E-state index is 0. The molecule has 1 N–H and O–H groups in total. The molecule has 0 spiro atoms. The number of unbranched alkanes of at least 4 members (excludes halogenated alkanes) is 2. The lowest BCUT2D eigenvalue weighted by molar-refractivity contribution is 0.162. The van der Waals surface area contributed by atoms with Gasteiger partial charge in [-0.05, 0) is 31.4 Å². The van der Waals surface area contributed by atoms with E-state index in [1.165, 1.54) is 49.9 Å². The van der Waals surface area contributed by atoms with Crippen molar-refractivity contribution in [3.05, 3.63) is 34.9 Å². The van der Waals surface area contributed by atoms with E-state index in [0.717, 1.165) is 13.1 Å². The second-order valence-corrected chi connectivity index (χ2v) is 6.16. The van der Waals surface area contributed by atoms with Crippen molar-refractivity contribution < 1.29 is 0 Å². The molecule has 1 aliphatic heterocycles. The molecule has 2 nitrogen and oxygen atoms in total. The molecule has 1 aromatic carbocycles. The molecule has 4 heteroatoms. The molecule has 1 fully saturated rings.